The Bertz CT molecular complexity index is 1220. The van der Waals surface area contributed by atoms with Crippen LogP contribution < -0.4 is 0 Å². The molecule has 30 heavy (non-hydrogen) atoms. The van der Waals surface area contributed by atoms with E-state index in [-0.39, 0.29) is 11.3 Å². The van der Waals surface area contributed by atoms with Crippen LogP contribution in [0.4, 0.5) is 0 Å². The first-order valence-corrected chi connectivity index (χ1v) is 11.2. The number of aliphatic hydroxyl groups is 1. The summed E-state index contributed by atoms with van der Waals surface area (Å²) in [6, 6.07) is 17.9. The second-order valence-electron chi connectivity index (χ2n) is 6.64. The Hall–Kier alpha value is -3.15. The Morgan fingerprint density at radius 1 is 1.20 bits per heavy atom. The molecule has 2 heterocycles. The van der Waals surface area contributed by atoms with E-state index in [9.17, 15) is 10.4 Å². The van der Waals surface area contributed by atoms with Crippen LogP contribution in [0.1, 0.15) is 24.4 Å². The molecule has 2 aromatic carbocycles. The van der Waals surface area contributed by atoms with Crippen molar-refractivity contribution in [1.82, 2.24) is 20.2 Å². The van der Waals surface area contributed by atoms with Crippen LogP contribution in [0.25, 0.3) is 27.2 Å². The summed E-state index contributed by atoms with van der Waals surface area (Å²) in [5.41, 5.74) is 3.20. The van der Waals surface area contributed by atoms with Crippen LogP contribution in [0.15, 0.2) is 59.4 Å². The van der Waals surface area contributed by atoms with Gasteiger partial charge in [-0.2, -0.15) is 5.26 Å². The van der Waals surface area contributed by atoms with Crippen molar-refractivity contribution in [2.45, 2.75) is 30.7 Å². The van der Waals surface area contributed by atoms with Gasteiger partial charge in [-0.1, -0.05) is 55.1 Å². The van der Waals surface area contributed by atoms with E-state index >= 15 is 0 Å². The van der Waals surface area contributed by atoms with Crippen LogP contribution in [0.2, 0.25) is 0 Å². The summed E-state index contributed by atoms with van der Waals surface area (Å²) in [6.07, 6.45) is 0.983. The predicted molar refractivity (Wildman–Crippen MR) is 121 cm³/mol. The van der Waals surface area contributed by atoms with Crippen LogP contribution in [-0.2, 0) is 6.42 Å². The Morgan fingerprint density at radius 2 is 1.97 bits per heavy atom. The molecule has 0 aliphatic rings. The van der Waals surface area contributed by atoms with Gasteiger partial charge in [0.25, 0.3) is 0 Å². The van der Waals surface area contributed by atoms with Crippen LogP contribution in [0.5, 0.6) is 0 Å². The highest BCUT2D eigenvalue weighted by Gasteiger charge is 2.21. The number of thiazole rings is 1. The summed E-state index contributed by atoms with van der Waals surface area (Å²) < 4.78 is 0.973. The van der Waals surface area contributed by atoms with Gasteiger partial charge in [0.05, 0.1) is 15.5 Å². The van der Waals surface area contributed by atoms with Gasteiger partial charge in [-0.3, -0.25) is 5.10 Å². The number of hydrogen-bond acceptors (Lipinski definition) is 7. The highest BCUT2D eigenvalue weighted by atomic mass is 32.2. The Balaban J connectivity index is 1.55. The number of aliphatic hydroxyl groups excluding tert-OH is 1. The van der Waals surface area contributed by atoms with Crippen molar-refractivity contribution in [2.75, 3.05) is 0 Å². The van der Waals surface area contributed by atoms with Gasteiger partial charge in [0.2, 0.25) is 5.16 Å². The van der Waals surface area contributed by atoms with Crippen LogP contribution in [0, 0.1) is 11.3 Å². The van der Waals surface area contributed by atoms with Gasteiger partial charge in [0.1, 0.15) is 22.4 Å². The summed E-state index contributed by atoms with van der Waals surface area (Å²) in [6.45, 7) is 3.93. The van der Waals surface area contributed by atoms with Crippen molar-refractivity contribution in [3.05, 3.63) is 64.9 Å². The number of hydrogen-bond donors (Lipinski definition) is 2. The fourth-order valence-corrected chi connectivity index (χ4v) is 4.70. The molecule has 1 unspecified atom stereocenters. The molecule has 0 bridgehead atoms. The van der Waals surface area contributed by atoms with Gasteiger partial charge < -0.3 is 5.11 Å². The van der Waals surface area contributed by atoms with Gasteiger partial charge in [-0.25, -0.2) is 9.97 Å². The number of H-pyrrole nitrogens is 1. The van der Waals surface area contributed by atoms with E-state index in [0.717, 1.165) is 22.2 Å². The third-order valence-electron chi connectivity index (χ3n) is 4.64. The highest BCUT2D eigenvalue weighted by molar-refractivity contribution is 7.99. The van der Waals surface area contributed by atoms with Crippen LogP contribution in [0.3, 0.4) is 0 Å². The molecule has 2 N–H and O–H groups in total. The average molecular weight is 434 g/mol. The number of allylic oxidation sites excluding steroid dienone is 1. The minimum atomic E-state index is -0.405. The van der Waals surface area contributed by atoms with Gasteiger partial charge >= 0.3 is 0 Å². The summed E-state index contributed by atoms with van der Waals surface area (Å²) in [5.74, 6) is 0.641. The van der Waals surface area contributed by atoms with E-state index in [1.165, 1.54) is 28.7 Å². The molecule has 2 aromatic heterocycles. The van der Waals surface area contributed by atoms with E-state index < -0.39 is 5.25 Å². The maximum atomic E-state index is 10.7. The average Bonchev–Trinajstić information content (AvgIpc) is 3.41. The zero-order valence-corrected chi connectivity index (χ0v) is 18.1. The molecule has 4 rings (SSSR count). The van der Waals surface area contributed by atoms with E-state index in [0.29, 0.717) is 16.0 Å². The molecule has 0 aliphatic heterocycles. The number of aromatic nitrogens is 4. The highest BCUT2D eigenvalue weighted by Crippen LogP contribution is 2.33. The molecule has 6 nitrogen and oxygen atoms in total. The summed E-state index contributed by atoms with van der Waals surface area (Å²) in [7, 11) is 0. The number of aryl methyl sites for hydroxylation is 1. The zero-order chi connectivity index (χ0) is 21.1. The van der Waals surface area contributed by atoms with Gasteiger partial charge in [0.15, 0.2) is 5.82 Å². The normalized spacial score (nSPS) is 13.1. The number of thioether (sulfide) groups is 1. The zero-order valence-electron chi connectivity index (χ0n) is 16.5. The molecule has 0 spiro atoms. The molecular weight excluding hydrogens is 414 g/mol. The lowest BCUT2D eigenvalue weighted by Gasteiger charge is -2.09. The van der Waals surface area contributed by atoms with Crippen LogP contribution >= 0.6 is 23.1 Å². The molecule has 1 atom stereocenters. The summed E-state index contributed by atoms with van der Waals surface area (Å²) in [4.78, 5) is 9.00. The molecule has 0 fully saturated rings. The number of nitrogens with one attached hydrogen (secondary N) is 1. The molecule has 0 saturated heterocycles. The fourth-order valence-electron chi connectivity index (χ4n) is 2.94. The smallest absolute Gasteiger partial charge is 0.209 e. The lowest BCUT2D eigenvalue weighted by molar-refractivity contribution is 0.402. The van der Waals surface area contributed by atoms with E-state index in [4.69, 9.17) is 0 Å². The monoisotopic (exact) mass is 433 g/mol. The SMILES string of the molecule is CCc1ccc(-c2nc(SC(C)/C(O)=C(\C#N)c3nc4ccccc4s3)n[nH]2)cc1. The van der Waals surface area contributed by atoms with E-state index in [1.807, 2.05) is 43.3 Å². The third kappa shape index (κ3) is 4.08. The largest absolute Gasteiger partial charge is 0.510 e. The number of rotatable bonds is 6. The number of aromatic amines is 1. The maximum absolute atomic E-state index is 10.7. The number of fused-ring (bicyclic) bond motifs is 1. The summed E-state index contributed by atoms with van der Waals surface area (Å²) >= 11 is 2.67. The quantitative estimate of drug-likeness (QED) is 0.233. The fraction of sp³-hybridized carbons (Fsp3) is 0.182. The molecule has 0 aliphatic carbocycles. The number of para-hydroxylation sites is 1. The molecule has 0 saturated carbocycles. The van der Waals surface area contributed by atoms with Gasteiger partial charge in [-0.05, 0) is 31.0 Å². The first kappa shape index (κ1) is 20.1. The van der Waals surface area contributed by atoms with E-state index in [2.05, 4.69) is 45.3 Å². The van der Waals surface area contributed by atoms with E-state index in [1.54, 1.807) is 0 Å². The van der Waals surface area contributed by atoms with Crippen molar-refractivity contribution in [2.24, 2.45) is 0 Å². The van der Waals surface area contributed by atoms with Crippen molar-refractivity contribution in [1.29, 1.82) is 5.26 Å². The molecule has 0 radical (unpaired) electrons. The van der Waals surface area contributed by atoms with Crippen molar-refractivity contribution in [3.8, 4) is 17.5 Å². The lowest BCUT2D eigenvalue weighted by Crippen LogP contribution is -2.04. The molecule has 0 amide bonds. The summed E-state index contributed by atoms with van der Waals surface area (Å²) in [5, 5.41) is 28.2. The lowest BCUT2D eigenvalue weighted by atomic mass is 10.1. The number of nitriles is 1. The Morgan fingerprint density at radius 3 is 2.67 bits per heavy atom. The number of nitrogens with zero attached hydrogens (tertiary/aromatic N) is 4. The first-order valence-electron chi connectivity index (χ1n) is 9.46. The van der Waals surface area contributed by atoms with Gasteiger partial charge in [-0.15, -0.1) is 16.4 Å². The molecule has 8 heteroatoms. The standard InChI is InChI=1S/C22H19N5OS2/c1-3-14-8-10-15(11-9-14)20-25-22(27-26-20)29-13(2)19(28)16(12-23)21-24-17-6-4-5-7-18(17)30-21/h4-11,13,28H,3H2,1-2H3,(H,25,26,27)/b19-16-. The minimum Gasteiger partial charge on any atom is -0.510 e. The maximum Gasteiger partial charge on any atom is 0.209 e. The number of benzene rings is 2. The third-order valence-corrected chi connectivity index (χ3v) is 6.67. The molecule has 4 aromatic rings. The van der Waals surface area contributed by atoms with Crippen molar-refractivity contribution >= 4 is 38.9 Å². The Labute approximate surface area is 182 Å². The topological polar surface area (TPSA) is 98.5 Å². The minimum absolute atomic E-state index is 0.0276. The second kappa shape index (κ2) is 8.69. The van der Waals surface area contributed by atoms with Gasteiger partial charge in [0, 0.05) is 5.56 Å². The first-order chi connectivity index (χ1) is 14.6. The molecular formula is C22H19N5OS2. The van der Waals surface area contributed by atoms with Crippen molar-refractivity contribution in [3.63, 3.8) is 0 Å². The van der Waals surface area contributed by atoms with Crippen molar-refractivity contribution < 1.29 is 5.11 Å². The van der Waals surface area contributed by atoms with Crippen LogP contribution in [-0.4, -0.2) is 30.5 Å². The molecule has 150 valence electrons. The predicted octanol–water partition coefficient (Wildman–Crippen LogP) is 5.62. The second-order valence-corrected chi connectivity index (χ2v) is 8.97. The Kier molecular flexibility index (Phi) is 5.84.